The highest BCUT2D eigenvalue weighted by atomic mass is 35.5. The van der Waals surface area contributed by atoms with E-state index in [2.05, 4.69) is 0 Å². The number of hydrogen-bond donors (Lipinski definition) is 2. The number of hydrogen-bond acceptors (Lipinski definition) is 3. The molecule has 0 aliphatic carbocycles. The zero-order valence-electron chi connectivity index (χ0n) is 16.1. The van der Waals surface area contributed by atoms with E-state index >= 15 is 0 Å². The maximum Gasteiger partial charge on any atom is 0.334 e. The highest BCUT2D eigenvalue weighted by Gasteiger charge is 2.31. The molecule has 0 saturated carbocycles. The summed E-state index contributed by atoms with van der Waals surface area (Å²) in [6, 6.07) is 9.81. The van der Waals surface area contributed by atoms with Crippen LogP contribution in [0.2, 0.25) is 0 Å². The molecule has 3 N–H and O–H groups in total. The number of rotatable bonds is 7. The first-order valence-corrected chi connectivity index (χ1v) is 8.67. The zero-order valence-corrected chi connectivity index (χ0v) is 16.9. The SMILES string of the molecule is CC(C)CN(N)C(=O)N(C[C@H](O)CCc1ccccc1)C(C)(C)C.Cl. The van der Waals surface area contributed by atoms with Crippen molar-refractivity contribution in [1.82, 2.24) is 9.91 Å². The summed E-state index contributed by atoms with van der Waals surface area (Å²) in [5.74, 6) is 6.21. The molecule has 144 valence electrons. The third-order valence-electron chi connectivity index (χ3n) is 3.85. The quantitative estimate of drug-likeness (QED) is 0.438. The fraction of sp³-hybridized carbons (Fsp3) is 0.632. The number of halogens is 1. The van der Waals surface area contributed by atoms with E-state index in [-0.39, 0.29) is 25.0 Å². The molecular weight excluding hydrogens is 338 g/mol. The van der Waals surface area contributed by atoms with Crippen molar-refractivity contribution in [2.45, 2.75) is 59.1 Å². The lowest BCUT2D eigenvalue weighted by Crippen LogP contribution is -2.56. The van der Waals surface area contributed by atoms with Crippen LogP contribution in [0.5, 0.6) is 0 Å². The van der Waals surface area contributed by atoms with Crippen LogP contribution in [-0.2, 0) is 6.42 Å². The van der Waals surface area contributed by atoms with Crippen LogP contribution in [0.25, 0.3) is 0 Å². The van der Waals surface area contributed by atoms with Crippen LogP contribution in [0.4, 0.5) is 4.79 Å². The molecule has 0 aliphatic rings. The van der Waals surface area contributed by atoms with Gasteiger partial charge in [-0.1, -0.05) is 44.2 Å². The van der Waals surface area contributed by atoms with Crippen LogP contribution in [0, 0.1) is 5.92 Å². The van der Waals surface area contributed by atoms with E-state index in [1.165, 1.54) is 10.6 Å². The molecule has 25 heavy (non-hydrogen) atoms. The number of carbonyl (C=O) groups excluding carboxylic acids is 1. The Morgan fingerprint density at radius 1 is 1.16 bits per heavy atom. The van der Waals surface area contributed by atoms with E-state index in [4.69, 9.17) is 5.84 Å². The van der Waals surface area contributed by atoms with Gasteiger partial charge in [-0.3, -0.25) is 5.01 Å². The number of carbonyl (C=O) groups is 1. The van der Waals surface area contributed by atoms with Gasteiger partial charge in [-0.2, -0.15) is 0 Å². The summed E-state index contributed by atoms with van der Waals surface area (Å²) < 4.78 is 0. The number of nitrogens with two attached hydrogens (primary N) is 1. The molecule has 0 aromatic heterocycles. The van der Waals surface area contributed by atoms with Crippen molar-refractivity contribution in [2.24, 2.45) is 11.8 Å². The van der Waals surface area contributed by atoms with E-state index in [9.17, 15) is 9.90 Å². The van der Waals surface area contributed by atoms with Crippen molar-refractivity contribution < 1.29 is 9.90 Å². The van der Waals surface area contributed by atoms with Crippen LogP contribution in [0.15, 0.2) is 30.3 Å². The second kappa shape index (κ2) is 10.6. The van der Waals surface area contributed by atoms with Gasteiger partial charge in [0, 0.05) is 18.6 Å². The number of aryl methyl sites for hydroxylation is 1. The molecular formula is C19H34ClN3O2. The van der Waals surface area contributed by atoms with Crippen molar-refractivity contribution >= 4 is 18.4 Å². The Balaban J connectivity index is 0.00000576. The smallest absolute Gasteiger partial charge is 0.334 e. The normalized spacial score (nSPS) is 12.5. The van der Waals surface area contributed by atoms with Gasteiger partial charge in [-0.25, -0.2) is 10.6 Å². The number of urea groups is 1. The summed E-state index contributed by atoms with van der Waals surface area (Å²) in [6.07, 6.45) is 0.811. The number of aliphatic hydroxyl groups excluding tert-OH is 1. The van der Waals surface area contributed by atoms with Crippen LogP contribution >= 0.6 is 12.4 Å². The minimum absolute atomic E-state index is 0. The first-order chi connectivity index (χ1) is 11.1. The van der Waals surface area contributed by atoms with Gasteiger partial charge in [0.1, 0.15) is 0 Å². The van der Waals surface area contributed by atoms with E-state index < -0.39 is 11.6 Å². The molecule has 0 saturated heterocycles. The number of amides is 2. The van der Waals surface area contributed by atoms with Crippen molar-refractivity contribution in [1.29, 1.82) is 0 Å². The Morgan fingerprint density at radius 3 is 2.20 bits per heavy atom. The lowest BCUT2D eigenvalue weighted by Gasteiger charge is -2.39. The van der Waals surface area contributed by atoms with E-state index in [0.29, 0.717) is 18.9 Å². The summed E-state index contributed by atoms with van der Waals surface area (Å²) in [5.41, 5.74) is 0.782. The monoisotopic (exact) mass is 371 g/mol. The predicted molar refractivity (Wildman–Crippen MR) is 106 cm³/mol. The molecule has 0 fully saturated rings. The molecule has 5 nitrogen and oxygen atoms in total. The third-order valence-corrected chi connectivity index (χ3v) is 3.85. The van der Waals surface area contributed by atoms with Gasteiger partial charge in [-0.05, 0) is 45.1 Å². The van der Waals surface area contributed by atoms with Crippen molar-refractivity contribution in [3.63, 3.8) is 0 Å². The number of hydrazine groups is 1. The summed E-state index contributed by atoms with van der Waals surface area (Å²) in [6.45, 7) is 10.7. The lowest BCUT2D eigenvalue weighted by molar-refractivity contribution is 0.0573. The van der Waals surface area contributed by atoms with E-state index in [1.807, 2.05) is 65.0 Å². The molecule has 0 aliphatic heterocycles. The summed E-state index contributed by atoms with van der Waals surface area (Å²) in [7, 11) is 0. The number of benzene rings is 1. The number of nitrogens with zero attached hydrogens (tertiary/aromatic N) is 2. The molecule has 1 aromatic rings. The first-order valence-electron chi connectivity index (χ1n) is 8.67. The average Bonchev–Trinajstić information content (AvgIpc) is 2.49. The summed E-state index contributed by atoms with van der Waals surface area (Å²) in [4.78, 5) is 14.3. The fourth-order valence-corrected chi connectivity index (χ4v) is 2.55. The molecule has 1 aromatic carbocycles. The van der Waals surface area contributed by atoms with E-state index in [1.54, 1.807) is 4.90 Å². The Labute approximate surface area is 158 Å². The molecule has 2 amide bonds. The minimum atomic E-state index is -0.583. The topological polar surface area (TPSA) is 69.8 Å². The van der Waals surface area contributed by atoms with Crippen LogP contribution in [0.3, 0.4) is 0 Å². The zero-order chi connectivity index (χ0) is 18.3. The van der Waals surface area contributed by atoms with Gasteiger partial charge in [0.05, 0.1) is 6.10 Å². The fourth-order valence-electron chi connectivity index (χ4n) is 2.55. The Kier molecular flexibility index (Phi) is 10.1. The average molecular weight is 372 g/mol. The molecule has 6 heteroatoms. The Morgan fingerprint density at radius 2 is 1.72 bits per heavy atom. The van der Waals surface area contributed by atoms with Crippen molar-refractivity contribution in [3.8, 4) is 0 Å². The minimum Gasteiger partial charge on any atom is -0.391 e. The third kappa shape index (κ3) is 8.56. The first kappa shape index (κ1) is 23.7. The van der Waals surface area contributed by atoms with Crippen molar-refractivity contribution in [2.75, 3.05) is 13.1 Å². The van der Waals surface area contributed by atoms with Crippen LogP contribution in [-0.4, -0.2) is 45.8 Å². The number of β-amino-alcohol motifs (C(OH)–C–C–N with tert-alkyl or cyclic N) is 1. The second-order valence-electron chi connectivity index (χ2n) is 7.79. The number of aliphatic hydroxyl groups is 1. The maximum atomic E-state index is 12.7. The molecule has 0 heterocycles. The molecule has 1 rings (SSSR count). The van der Waals surface area contributed by atoms with Gasteiger partial charge < -0.3 is 10.0 Å². The molecule has 0 spiro atoms. The molecule has 0 unspecified atom stereocenters. The van der Waals surface area contributed by atoms with Crippen LogP contribution in [0.1, 0.15) is 46.6 Å². The Hall–Kier alpha value is -1.30. The summed E-state index contributed by atoms with van der Waals surface area (Å²) >= 11 is 0. The Bertz CT molecular complexity index is 503. The predicted octanol–water partition coefficient (Wildman–Crippen LogP) is 3.45. The van der Waals surface area contributed by atoms with Gasteiger partial charge in [-0.15, -0.1) is 12.4 Å². The highest BCUT2D eigenvalue weighted by molar-refractivity contribution is 5.85. The second-order valence-corrected chi connectivity index (χ2v) is 7.79. The maximum absolute atomic E-state index is 12.7. The van der Waals surface area contributed by atoms with Crippen LogP contribution < -0.4 is 5.84 Å². The lowest BCUT2D eigenvalue weighted by atomic mass is 10.0. The molecule has 0 bridgehead atoms. The van der Waals surface area contributed by atoms with Gasteiger partial charge in [0.2, 0.25) is 0 Å². The molecule has 1 atom stereocenters. The van der Waals surface area contributed by atoms with Gasteiger partial charge >= 0.3 is 6.03 Å². The van der Waals surface area contributed by atoms with Gasteiger partial charge in [0.15, 0.2) is 0 Å². The molecule has 0 radical (unpaired) electrons. The highest BCUT2D eigenvalue weighted by Crippen LogP contribution is 2.17. The largest absolute Gasteiger partial charge is 0.391 e. The van der Waals surface area contributed by atoms with Crippen molar-refractivity contribution in [3.05, 3.63) is 35.9 Å². The van der Waals surface area contributed by atoms with Gasteiger partial charge in [0.25, 0.3) is 0 Å². The van der Waals surface area contributed by atoms with E-state index in [0.717, 1.165) is 6.42 Å². The summed E-state index contributed by atoms with van der Waals surface area (Å²) in [5, 5.41) is 11.7. The standard InChI is InChI=1S/C19H33N3O2.ClH/c1-15(2)13-22(20)18(24)21(19(3,4)5)14-17(23)12-11-16-9-7-6-8-10-16;/h6-10,15,17,23H,11-14,20H2,1-5H3;1H/t17-;/m1./s1.